The van der Waals surface area contributed by atoms with Gasteiger partial charge in [-0.1, -0.05) is 48.2 Å². The van der Waals surface area contributed by atoms with Crippen molar-refractivity contribution in [2.75, 3.05) is 38.0 Å². The van der Waals surface area contributed by atoms with E-state index in [4.69, 9.17) is 14.2 Å². The number of thioether (sulfide) groups is 1. The van der Waals surface area contributed by atoms with E-state index in [1.54, 1.807) is 11.8 Å². The number of nitrogens with zero attached hydrogens (tertiary/aromatic N) is 4. The van der Waals surface area contributed by atoms with Gasteiger partial charge in [0.25, 0.3) is 0 Å². The first-order valence-corrected chi connectivity index (χ1v) is 10.7. The summed E-state index contributed by atoms with van der Waals surface area (Å²) in [6.07, 6.45) is 0. The Hall–Kier alpha value is -2.71. The van der Waals surface area contributed by atoms with Gasteiger partial charge >= 0.3 is 0 Å². The van der Waals surface area contributed by atoms with Crippen molar-refractivity contribution in [3.05, 3.63) is 59.7 Å². The van der Waals surface area contributed by atoms with Gasteiger partial charge in [0.15, 0.2) is 16.7 Å². The van der Waals surface area contributed by atoms with Crippen LogP contribution >= 0.6 is 11.8 Å². The largest absolute Gasteiger partial charge is 0.454 e. The molecule has 1 saturated heterocycles. The van der Waals surface area contributed by atoms with Crippen molar-refractivity contribution in [2.24, 2.45) is 0 Å². The molecule has 150 valence electrons. The topological polar surface area (TPSA) is 61.6 Å². The molecule has 3 aromatic rings. The SMILES string of the molecule is c1ccc(Cn2c(SCc3ccc4c(c3)OCO4)nnc2N2CCOCC2)cc1. The second-order valence-corrected chi connectivity index (χ2v) is 7.87. The number of fused-ring (bicyclic) bond motifs is 1. The van der Waals surface area contributed by atoms with Gasteiger partial charge in [0.1, 0.15) is 0 Å². The summed E-state index contributed by atoms with van der Waals surface area (Å²) in [5.74, 6) is 3.31. The molecule has 29 heavy (non-hydrogen) atoms. The molecule has 0 N–H and O–H groups in total. The molecule has 0 saturated carbocycles. The minimum Gasteiger partial charge on any atom is -0.454 e. The van der Waals surface area contributed by atoms with E-state index in [0.29, 0.717) is 6.79 Å². The third-order valence-corrected chi connectivity index (χ3v) is 6.02. The van der Waals surface area contributed by atoms with Crippen LogP contribution in [0, 0.1) is 0 Å². The second-order valence-electron chi connectivity index (χ2n) is 6.93. The van der Waals surface area contributed by atoms with Gasteiger partial charge in [-0.3, -0.25) is 4.57 Å². The van der Waals surface area contributed by atoms with Gasteiger partial charge in [0.2, 0.25) is 12.7 Å². The van der Waals surface area contributed by atoms with E-state index in [1.165, 1.54) is 11.1 Å². The summed E-state index contributed by atoms with van der Waals surface area (Å²) >= 11 is 1.68. The molecule has 0 atom stereocenters. The van der Waals surface area contributed by atoms with Crippen LogP contribution in [0.5, 0.6) is 11.5 Å². The molecule has 3 heterocycles. The van der Waals surface area contributed by atoms with Crippen LogP contribution in [0.4, 0.5) is 5.95 Å². The fourth-order valence-corrected chi connectivity index (χ4v) is 4.34. The normalized spacial score (nSPS) is 15.7. The maximum Gasteiger partial charge on any atom is 0.231 e. The fourth-order valence-electron chi connectivity index (χ4n) is 3.47. The van der Waals surface area contributed by atoms with E-state index in [1.807, 2.05) is 18.2 Å². The summed E-state index contributed by atoms with van der Waals surface area (Å²) in [7, 11) is 0. The van der Waals surface area contributed by atoms with E-state index >= 15 is 0 Å². The molecule has 2 aliphatic rings. The summed E-state index contributed by atoms with van der Waals surface area (Å²) in [5, 5.41) is 9.95. The fraction of sp³-hybridized carbons (Fsp3) is 0.333. The lowest BCUT2D eigenvalue weighted by Crippen LogP contribution is -2.38. The molecular weight excluding hydrogens is 388 g/mol. The minimum atomic E-state index is 0.292. The number of morpholine rings is 1. The summed E-state index contributed by atoms with van der Waals surface area (Å²) < 4.78 is 18.6. The van der Waals surface area contributed by atoms with Crippen LogP contribution in [0.1, 0.15) is 11.1 Å². The number of aromatic nitrogens is 3. The highest BCUT2D eigenvalue weighted by Crippen LogP contribution is 2.34. The first kappa shape index (κ1) is 18.3. The Morgan fingerprint density at radius 3 is 2.59 bits per heavy atom. The molecule has 2 aliphatic heterocycles. The van der Waals surface area contributed by atoms with E-state index in [0.717, 1.165) is 61.2 Å². The molecule has 0 amide bonds. The van der Waals surface area contributed by atoms with Crippen LogP contribution in [0.25, 0.3) is 0 Å². The maximum atomic E-state index is 5.50. The summed E-state index contributed by atoms with van der Waals surface area (Å²) in [4.78, 5) is 2.25. The van der Waals surface area contributed by atoms with Gasteiger partial charge in [0.05, 0.1) is 19.8 Å². The smallest absolute Gasteiger partial charge is 0.231 e. The Labute approximate surface area is 173 Å². The Morgan fingerprint density at radius 2 is 1.72 bits per heavy atom. The van der Waals surface area contributed by atoms with E-state index in [2.05, 4.69) is 50.0 Å². The first-order valence-electron chi connectivity index (χ1n) is 9.68. The Balaban J connectivity index is 1.38. The van der Waals surface area contributed by atoms with Crippen LogP contribution in [0.3, 0.4) is 0 Å². The minimum absolute atomic E-state index is 0.292. The number of hydrogen-bond acceptors (Lipinski definition) is 7. The zero-order chi connectivity index (χ0) is 19.5. The number of benzene rings is 2. The van der Waals surface area contributed by atoms with Crippen molar-refractivity contribution in [3.8, 4) is 11.5 Å². The van der Waals surface area contributed by atoms with Crippen LogP contribution in [-0.2, 0) is 17.0 Å². The average Bonchev–Trinajstić information content (AvgIpc) is 3.40. The third kappa shape index (κ3) is 4.04. The van der Waals surface area contributed by atoms with E-state index in [9.17, 15) is 0 Å². The number of hydrogen-bond donors (Lipinski definition) is 0. The molecule has 0 bridgehead atoms. The standard InChI is InChI=1S/C21H22N4O3S/c1-2-4-16(5-3-1)13-25-20(24-8-10-26-11-9-24)22-23-21(25)29-14-17-6-7-18-19(12-17)28-15-27-18/h1-7,12H,8-11,13-15H2. The highest BCUT2D eigenvalue weighted by atomic mass is 32.2. The molecule has 0 spiro atoms. The quantitative estimate of drug-likeness (QED) is 0.579. The molecule has 0 radical (unpaired) electrons. The number of ether oxygens (including phenoxy) is 3. The molecule has 1 fully saturated rings. The predicted molar refractivity (Wildman–Crippen MR) is 111 cm³/mol. The van der Waals surface area contributed by atoms with Crippen molar-refractivity contribution in [1.82, 2.24) is 14.8 Å². The lowest BCUT2D eigenvalue weighted by molar-refractivity contribution is 0.121. The van der Waals surface area contributed by atoms with Gasteiger partial charge in [0, 0.05) is 18.8 Å². The highest BCUT2D eigenvalue weighted by molar-refractivity contribution is 7.98. The van der Waals surface area contributed by atoms with Gasteiger partial charge in [-0.2, -0.15) is 0 Å². The first-order chi connectivity index (χ1) is 14.4. The van der Waals surface area contributed by atoms with Crippen LogP contribution in [-0.4, -0.2) is 47.9 Å². The average molecular weight is 410 g/mol. The van der Waals surface area contributed by atoms with Crippen molar-refractivity contribution in [1.29, 1.82) is 0 Å². The molecule has 0 aliphatic carbocycles. The van der Waals surface area contributed by atoms with Crippen molar-refractivity contribution >= 4 is 17.7 Å². The zero-order valence-corrected chi connectivity index (χ0v) is 16.8. The summed E-state index contributed by atoms with van der Waals surface area (Å²) in [6, 6.07) is 16.5. The van der Waals surface area contributed by atoms with Crippen LogP contribution in [0.15, 0.2) is 53.7 Å². The van der Waals surface area contributed by atoms with Gasteiger partial charge < -0.3 is 19.1 Å². The molecule has 8 heteroatoms. The lowest BCUT2D eigenvalue weighted by Gasteiger charge is -2.28. The molecule has 7 nitrogen and oxygen atoms in total. The summed E-state index contributed by atoms with van der Waals surface area (Å²) in [5.41, 5.74) is 2.40. The zero-order valence-electron chi connectivity index (χ0n) is 16.0. The van der Waals surface area contributed by atoms with Gasteiger partial charge in [-0.15, -0.1) is 10.2 Å². The van der Waals surface area contributed by atoms with Crippen molar-refractivity contribution in [3.63, 3.8) is 0 Å². The third-order valence-electron chi connectivity index (χ3n) is 4.98. The van der Waals surface area contributed by atoms with E-state index in [-0.39, 0.29) is 0 Å². The van der Waals surface area contributed by atoms with Crippen molar-refractivity contribution in [2.45, 2.75) is 17.5 Å². The lowest BCUT2D eigenvalue weighted by atomic mass is 10.2. The highest BCUT2D eigenvalue weighted by Gasteiger charge is 2.21. The molecule has 2 aromatic carbocycles. The Morgan fingerprint density at radius 1 is 0.897 bits per heavy atom. The predicted octanol–water partition coefficient (Wildman–Crippen LogP) is 3.18. The van der Waals surface area contributed by atoms with Gasteiger partial charge in [-0.25, -0.2) is 0 Å². The second kappa shape index (κ2) is 8.34. The van der Waals surface area contributed by atoms with E-state index < -0.39 is 0 Å². The number of anilines is 1. The number of rotatable bonds is 6. The molecule has 5 rings (SSSR count). The van der Waals surface area contributed by atoms with Crippen molar-refractivity contribution < 1.29 is 14.2 Å². The van der Waals surface area contributed by atoms with Gasteiger partial charge in [-0.05, 0) is 23.3 Å². The van der Waals surface area contributed by atoms with Crippen LogP contribution < -0.4 is 14.4 Å². The monoisotopic (exact) mass is 410 g/mol. The Kier molecular flexibility index (Phi) is 5.27. The Bertz CT molecular complexity index is 973. The van der Waals surface area contributed by atoms with Crippen LogP contribution in [0.2, 0.25) is 0 Å². The molecule has 1 aromatic heterocycles. The molecule has 0 unspecified atom stereocenters. The maximum absolute atomic E-state index is 5.50. The summed E-state index contributed by atoms with van der Waals surface area (Å²) in [6.45, 7) is 4.14. The molecular formula is C21H22N4O3S.